The number of thiazole rings is 1. The molecule has 0 fully saturated rings. The molecule has 3 rings (SSSR count). The molecule has 19 heavy (non-hydrogen) atoms. The maximum atomic E-state index is 9.97. The van der Waals surface area contributed by atoms with Gasteiger partial charge in [0.2, 0.25) is 5.13 Å². The van der Waals surface area contributed by atoms with E-state index in [0.717, 1.165) is 10.8 Å². The minimum absolute atomic E-state index is 0.0107. The molecule has 0 radical (unpaired) electrons. The molecule has 1 aromatic heterocycles. The Morgan fingerprint density at radius 2 is 1.95 bits per heavy atom. The first-order valence-electron chi connectivity index (χ1n) is 5.57. The normalized spacial score (nSPS) is 11.4. The lowest BCUT2D eigenvalue weighted by Gasteiger charge is -2.06. The zero-order valence-electron chi connectivity index (χ0n) is 9.82. The number of aromatic nitrogens is 1. The molecule has 6 heteroatoms. The van der Waals surface area contributed by atoms with E-state index in [9.17, 15) is 5.11 Å². The minimum atomic E-state index is 0.0107. The van der Waals surface area contributed by atoms with Crippen LogP contribution in [-0.2, 0) is 0 Å². The average molecular weight is 270 g/mol. The van der Waals surface area contributed by atoms with E-state index in [4.69, 9.17) is 5.73 Å². The van der Waals surface area contributed by atoms with Gasteiger partial charge in [-0.05, 0) is 0 Å². The number of phenols is 1. The number of nitrogens with two attached hydrogens (primary N) is 1. The van der Waals surface area contributed by atoms with Gasteiger partial charge >= 0.3 is 0 Å². The molecular weight excluding hydrogens is 260 g/mol. The lowest BCUT2D eigenvalue weighted by molar-refractivity contribution is 0.477. The monoisotopic (exact) mass is 270 g/mol. The van der Waals surface area contributed by atoms with Crippen molar-refractivity contribution in [2.45, 2.75) is 0 Å². The SMILES string of the molecule is Nc1cc(O)c(N=Nc2nccs2)c2ccccc12. The molecule has 3 aromatic rings. The summed E-state index contributed by atoms with van der Waals surface area (Å²) in [5.74, 6) is 0.0107. The third-order valence-electron chi connectivity index (χ3n) is 2.68. The van der Waals surface area contributed by atoms with Crippen molar-refractivity contribution in [2.75, 3.05) is 5.73 Å². The number of hydrogen-bond acceptors (Lipinski definition) is 6. The van der Waals surface area contributed by atoms with Gasteiger partial charge in [0.1, 0.15) is 11.4 Å². The number of aromatic hydroxyl groups is 1. The number of nitrogen functional groups attached to an aromatic ring is 1. The van der Waals surface area contributed by atoms with Gasteiger partial charge in [-0.25, -0.2) is 4.98 Å². The molecule has 0 spiro atoms. The maximum Gasteiger partial charge on any atom is 0.229 e. The van der Waals surface area contributed by atoms with Crippen molar-refractivity contribution in [1.29, 1.82) is 0 Å². The van der Waals surface area contributed by atoms with Gasteiger partial charge in [-0.15, -0.1) is 21.6 Å². The predicted molar refractivity (Wildman–Crippen MR) is 76.3 cm³/mol. The van der Waals surface area contributed by atoms with Crippen molar-refractivity contribution in [3.8, 4) is 5.75 Å². The quantitative estimate of drug-likeness (QED) is 0.545. The number of benzene rings is 2. The molecule has 2 aromatic carbocycles. The first kappa shape index (κ1) is 11.6. The standard InChI is InChI=1S/C13H10N4OS/c14-10-7-11(18)12(9-4-2-1-3-8(9)10)16-17-13-15-5-6-19-13/h1-7,18H,14H2. The Bertz CT molecular complexity index is 753. The summed E-state index contributed by atoms with van der Waals surface area (Å²) in [6, 6.07) is 8.97. The number of azo groups is 1. The lowest BCUT2D eigenvalue weighted by atomic mass is 10.1. The lowest BCUT2D eigenvalue weighted by Crippen LogP contribution is -1.87. The van der Waals surface area contributed by atoms with Crippen molar-refractivity contribution < 1.29 is 5.11 Å². The van der Waals surface area contributed by atoms with Crippen LogP contribution in [0.25, 0.3) is 10.8 Å². The summed E-state index contributed by atoms with van der Waals surface area (Å²) in [6.45, 7) is 0. The van der Waals surface area contributed by atoms with Crippen molar-refractivity contribution in [3.63, 3.8) is 0 Å². The topological polar surface area (TPSA) is 83.9 Å². The van der Waals surface area contributed by atoms with Gasteiger partial charge in [0.05, 0.1) is 0 Å². The minimum Gasteiger partial charge on any atom is -0.506 e. The molecule has 0 aliphatic rings. The number of phenolic OH excluding ortho intramolecular Hbond substituents is 1. The van der Waals surface area contributed by atoms with Crippen molar-refractivity contribution in [2.24, 2.45) is 10.2 Å². The highest BCUT2D eigenvalue weighted by Gasteiger charge is 2.09. The fraction of sp³-hybridized carbons (Fsp3) is 0. The molecule has 0 aliphatic heterocycles. The van der Waals surface area contributed by atoms with E-state index < -0.39 is 0 Å². The van der Waals surface area contributed by atoms with Crippen LogP contribution in [0.5, 0.6) is 5.75 Å². The third kappa shape index (κ3) is 2.13. The van der Waals surface area contributed by atoms with Crippen molar-refractivity contribution in [3.05, 3.63) is 41.9 Å². The Morgan fingerprint density at radius 3 is 2.68 bits per heavy atom. The fourth-order valence-corrected chi connectivity index (χ4v) is 2.29. The first-order chi connectivity index (χ1) is 9.25. The number of hydrogen-bond donors (Lipinski definition) is 2. The molecule has 0 aliphatic carbocycles. The van der Waals surface area contributed by atoms with E-state index in [1.165, 1.54) is 17.4 Å². The van der Waals surface area contributed by atoms with Crippen LogP contribution in [0.4, 0.5) is 16.5 Å². The van der Waals surface area contributed by atoms with Gasteiger partial charge in [0, 0.05) is 34.1 Å². The molecule has 1 heterocycles. The highest BCUT2D eigenvalue weighted by atomic mass is 32.1. The van der Waals surface area contributed by atoms with E-state index in [1.54, 1.807) is 6.20 Å². The van der Waals surface area contributed by atoms with Crippen molar-refractivity contribution >= 4 is 38.6 Å². The van der Waals surface area contributed by atoms with E-state index in [2.05, 4.69) is 15.2 Å². The highest BCUT2D eigenvalue weighted by Crippen LogP contribution is 2.39. The number of anilines is 1. The number of nitrogens with zero attached hydrogens (tertiary/aromatic N) is 3. The summed E-state index contributed by atoms with van der Waals surface area (Å²) >= 11 is 1.38. The van der Waals surface area contributed by atoms with Crippen LogP contribution < -0.4 is 5.73 Å². The largest absolute Gasteiger partial charge is 0.506 e. The molecule has 5 nitrogen and oxygen atoms in total. The summed E-state index contributed by atoms with van der Waals surface area (Å²) < 4.78 is 0. The van der Waals surface area contributed by atoms with Crippen LogP contribution in [0.3, 0.4) is 0 Å². The molecule has 94 valence electrons. The van der Waals surface area contributed by atoms with Gasteiger partial charge in [-0.1, -0.05) is 24.3 Å². The van der Waals surface area contributed by atoms with Gasteiger partial charge in [0.15, 0.2) is 0 Å². The van der Waals surface area contributed by atoms with Crippen LogP contribution in [-0.4, -0.2) is 10.1 Å². The zero-order valence-corrected chi connectivity index (χ0v) is 10.6. The maximum absolute atomic E-state index is 9.97. The molecule has 0 bridgehead atoms. The second-order valence-corrected chi connectivity index (χ2v) is 4.77. The molecular formula is C13H10N4OS. The van der Waals surface area contributed by atoms with E-state index >= 15 is 0 Å². The molecule has 0 saturated carbocycles. The van der Waals surface area contributed by atoms with Crippen molar-refractivity contribution in [1.82, 2.24) is 4.98 Å². The van der Waals surface area contributed by atoms with Crippen LogP contribution >= 0.6 is 11.3 Å². The number of fused-ring (bicyclic) bond motifs is 1. The first-order valence-corrected chi connectivity index (χ1v) is 6.45. The summed E-state index contributed by atoms with van der Waals surface area (Å²) in [7, 11) is 0. The summed E-state index contributed by atoms with van der Waals surface area (Å²) in [4.78, 5) is 4.01. The summed E-state index contributed by atoms with van der Waals surface area (Å²) in [6.07, 6.45) is 1.65. The van der Waals surface area contributed by atoms with Gasteiger partial charge in [-0.3, -0.25) is 0 Å². The molecule has 3 N–H and O–H groups in total. The third-order valence-corrected chi connectivity index (χ3v) is 3.34. The highest BCUT2D eigenvalue weighted by molar-refractivity contribution is 7.13. The Balaban J connectivity index is 2.18. The molecule has 0 atom stereocenters. The Labute approximate surface area is 113 Å². The average Bonchev–Trinajstić information content (AvgIpc) is 2.92. The predicted octanol–water partition coefficient (Wildman–Crippen LogP) is 4.00. The number of rotatable bonds is 2. The fourth-order valence-electron chi connectivity index (χ4n) is 1.84. The molecule has 0 amide bonds. The summed E-state index contributed by atoms with van der Waals surface area (Å²) in [5.41, 5.74) is 6.79. The second kappa shape index (κ2) is 4.66. The van der Waals surface area contributed by atoms with Crippen LogP contribution in [0.2, 0.25) is 0 Å². The Morgan fingerprint density at radius 1 is 1.16 bits per heavy atom. The van der Waals surface area contributed by atoms with Crippen LogP contribution in [0, 0.1) is 0 Å². The Hall–Kier alpha value is -2.47. The van der Waals surface area contributed by atoms with Gasteiger partial charge in [-0.2, -0.15) is 0 Å². The summed E-state index contributed by atoms with van der Waals surface area (Å²) in [5, 5.41) is 22.0. The zero-order chi connectivity index (χ0) is 13.2. The van der Waals surface area contributed by atoms with E-state index in [-0.39, 0.29) is 5.75 Å². The van der Waals surface area contributed by atoms with Crippen LogP contribution in [0.15, 0.2) is 52.1 Å². The van der Waals surface area contributed by atoms with Gasteiger partial charge < -0.3 is 10.8 Å². The molecule has 0 saturated heterocycles. The smallest absolute Gasteiger partial charge is 0.229 e. The Kier molecular flexibility index (Phi) is 2.85. The van der Waals surface area contributed by atoms with Crippen LogP contribution in [0.1, 0.15) is 0 Å². The van der Waals surface area contributed by atoms with E-state index in [1.807, 2.05) is 29.6 Å². The van der Waals surface area contributed by atoms with Gasteiger partial charge in [0.25, 0.3) is 0 Å². The second-order valence-electron chi connectivity index (χ2n) is 3.89. The van der Waals surface area contributed by atoms with E-state index in [0.29, 0.717) is 16.5 Å². The molecule has 0 unspecified atom stereocenters.